The quantitative estimate of drug-likeness (QED) is 0.700. The monoisotopic (exact) mass is 213 g/mol. The number of hydrogen-bond donors (Lipinski definition) is 0. The summed E-state index contributed by atoms with van der Waals surface area (Å²) in [6, 6.07) is 2.73. The van der Waals surface area contributed by atoms with Crippen LogP contribution in [-0.2, 0) is 10.3 Å². The molecule has 2 nitrogen and oxygen atoms in total. The van der Waals surface area contributed by atoms with Crippen LogP contribution in [0.2, 0.25) is 0 Å². The van der Waals surface area contributed by atoms with Crippen molar-refractivity contribution in [1.82, 2.24) is 0 Å². The summed E-state index contributed by atoms with van der Waals surface area (Å²) in [4.78, 5) is 1.57. The maximum Gasteiger partial charge on any atom is 0.182 e. The van der Waals surface area contributed by atoms with Gasteiger partial charge in [0, 0.05) is 19.7 Å². The lowest BCUT2D eigenvalue weighted by atomic mass is 9.99. The molecule has 1 heterocycles. The molecule has 0 N–H and O–H groups in total. The average Bonchev–Trinajstić information content (AvgIpc) is 2.88. The maximum atomic E-state index is 13.6. The standard InChI is InChI=1S/C11H13F2NO/c1-11(6-15-11)7-4-5-8(12)9(13)10(7)14(2)3/h4-5H,6H2,1-3H3. The molecule has 1 saturated heterocycles. The highest BCUT2D eigenvalue weighted by molar-refractivity contribution is 5.57. The molecule has 1 atom stereocenters. The molecule has 1 aromatic carbocycles. The number of halogens is 2. The van der Waals surface area contributed by atoms with Crippen molar-refractivity contribution in [1.29, 1.82) is 0 Å². The lowest BCUT2D eigenvalue weighted by molar-refractivity contribution is 0.328. The normalized spacial score (nSPS) is 24.1. The number of epoxide rings is 1. The van der Waals surface area contributed by atoms with E-state index in [1.807, 2.05) is 6.92 Å². The molecule has 1 fully saturated rings. The minimum Gasteiger partial charge on any atom is -0.375 e. The van der Waals surface area contributed by atoms with Crippen LogP contribution in [0.25, 0.3) is 0 Å². The molecule has 1 aliphatic heterocycles. The summed E-state index contributed by atoms with van der Waals surface area (Å²) >= 11 is 0. The van der Waals surface area contributed by atoms with Crippen LogP contribution in [0.3, 0.4) is 0 Å². The van der Waals surface area contributed by atoms with Gasteiger partial charge in [-0.15, -0.1) is 0 Å². The summed E-state index contributed by atoms with van der Waals surface area (Å²) in [7, 11) is 3.38. The number of anilines is 1. The Hall–Kier alpha value is -1.16. The van der Waals surface area contributed by atoms with Gasteiger partial charge in [-0.1, -0.05) is 6.07 Å². The van der Waals surface area contributed by atoms with Crippen LogP contribution < -0.4 is 4.90 Å². The second-order valence-corrected chi connectivity index (χ2v) is 4.17. The van der Waals surface area contributed by atoms with Gasteiger partial charge in [0.05, 0.1) is 12.3 Å². The van der Waals surface area contributed by atoms with Crippen molar-refractivity contribution in [2.75, 3.05) is 25.6 Å². The van der Waals surface area contributed by atoms with E-state index >= 15 is 0 Å². The molecule has 0 spiro atoms. The summed E-state index contributed by atoms with van der Waals surface area (Å²) in [5.41, 5.74) is 0.523. The molecule has 0 saturated carbocycles. The topological polar surface area (TPSA) is 15.8 Å². The minimum atomic E-state index is -0.827. The molecule has 1 aromatic rings. The number of rotatable bonds is 2. The van der Waals surface area contributed by atoms with Crippen molar-refractivity contribution in [3.63, 3.8) is 0 Å². The summed E-state index contributed by atoms with van der Waals surface area (Å²) in [6.45, 7) is 2.42. The number of ether oxygens (including phenoxy) is 1. The van der Waals surface area contributed by atoms with E-state index in [1.165, 1.54) is 0 Å². The Morgan fingerprint density at radius 1 is 1.33 bits per heavy atom. The Morgan fingerprint density at radius 3 is 2.40 bits per heavy atom. The predicted octanol–water partition coefficient (Wildman–Crippen LogP) is 2.28. The van der Waals surface area contributed by atoms with Crippen LogP contribution >= 0.6 is 0 Å². The predicted molar refractivity (Wildman–Crippen MR) is 54.0 cm³/mol. The van der Waals surface area contributed by atoms with Crippen LogP contribution in [0, 0.1) is 11.6 Å². The van der Waals surface area contributed by atoms with E-state index in [4.69, 9.17) is 4.74 Å². The lowest BCUT2D eigenvalue weighted by Crippen LogP contribution is -2.18. The van der Waals surface area contributed by atoms with Gasteiger partial charge in [0.15, 0.2) is 11.6 Å². The second kappa shape index (κ2) is 3.17. The van der Waals surface area contributed by atoms with Gasteiger partial charge in [-0.05, 0) is 13.0 Å². The fourth-order valence-electron chi connectivity index (χ4n) is 1.67. The fourth-order valence-corrected chi connectivity index (χ4v) is 1.67. The van der Waals surface area contributed by atoms with Crippen LogP contribution in [-0.4, -0.2) is 20.7 Å². The summed E-state index contributed by atoms with van der Waals surface area (Å²) in [6.07, 6.45) is 0. The Bertz CT molecular complexity index is 400. The van der Waals surface area contributed by atoms with E-state index in [-0.39, 0.29) is 5.69 Å². The second-order valence-electron chi connectivity index (χ2n) is 4.17. The van der Waals surface area contributed by atoms with E-state index < -0.39 is 17.2 Å². The minimum absolute atomic E-state index is 0.273. The molecule has 1 unspecified atom stereocenters. The van der Waals surface area contributed by atoms with Gasteiger partial charge in [0.2, 0.25) is 0 Å². The van der Waals surface area contributed by atoms with E-state index in [2.05, 4.69) is 0 Å². The molecule has 0 radical (unpaired) electrons. The van der Waals surface area contributed by atoms with Crippen molar-refractivity contribution in [2.24, 2.45) is 0 Å². The molecular formula is C11H13F2NO. The molecule has 1 aliphatic rings. The highest BCUT2D eigenvalue weighted by atomic mass is 19.2. The molecule has 4 heteroatoms. The highest BCUT2D eigenvalue weighted by Crippen LogP contribution is 2.43. The molecule has 2 rings (SSSR count). The number of benzene rings is 1. The first-order valence-corrected chi connectivity index (χ1v) is 4.75. The molecule has 0 aromatic heterocycles. The van der Waals surface area contributed by atoms with Crippen molar-refractivity contribution in [3.05, 3.63) is 29.3 Å². The number of nitrogens with zero attached hydrogens (tertiary/aromatic N) is 1. The first-order valence-electron chi connectivity index (χ1n) is 4.75. The van der Waals surface area contributed by atoms with E-state index in [0.29, 0.717) is 12.2 Å². The number of hydrogen-bond acceptors (Lipinski definition) is 2. The van der Waals surface area contributed by atoms with Gasteiger partial charge in [-0.25, -0.2) is 8.78 Å². The van der Waals surface area contributed by atoms with Crippen LogP contribution in [0.5, 0.6) is 0 Å². The van der Waals surface area contributed by atoms with Crippen molar-refractivity contribution in [2.45, 2.75) is 12.5 Å². The molecular weight excluding hydrogens is 200 g/mol. The third-order valence-electron chi connectivity index (χ3n) is 2.66. The zero-order chi connectivity index (χ0) is 11.2. The van der Waals surface area contributed by atoms with Crippen LogP contribution in [0.4, 0.5) is 14.5 Å². The summed E-state index contributed by atoms with van der Waals surface area (Å²) in [5, 5.41) is 0. The van der Waals surface area contributed by atoms with Gasteiger partial charge in [-0.3, -0.25) is 0 Å². The summed E-state index contributed by atoms with van der Waals surface area (Å²) < 4.78 is 31.9. The Balaban J connectivity index is 2.59. The molecule has 0 aliphatic carbocycles. The first kappa shape index (κ1) is 10.4. The van der Waals surface area contributed by atoms with E-state index in [1.54, 1.807) is 25.1 Å². The molecule has 0 amide bonds. The third-order valence-corrected chi connectivity index (χ3v) is 2.66. The Labute approximate surface area is 87.5 Å². The smallest absolute Gasteiger partial charge is 0.182 e. The largest absolute Gasteiger partial charge is 0.375 e. The SMILES string of the molecule is CN(C)c1c(C2(C)CO2)ccc(F)c1F. The van der Waals surface area contributed by atoms with Crippen molar-refractivity contribution < 1.29 is 13.5 Å². The van der Waals surface area contributed by atoms with Crippen LogP contribution in [0.1, 0.15) is 12.5 Å². The lowest BCUT2D eigenvalue weighted by Gasteiger charge is -2.20. The van der Waals surface area contributed by atoms with E-state index in [9.17, 15) is 8.78 Å². The summed E-state index contributed by atoms with van der Waals surface area (Å²) in [5.74, 6) is -1.64. The van der Waals surface area contributed by atoms with Gasteiger partial charge in [0.25, 0.3) is 0 Å². The van der Waals surface area contributed by atoms with Gasteiger partial charge < -0.3 is 9.64 Å². The molecule has 15 heavy (non-hydrogen) atoms. The maximum absolute atomic E-state index is 13.6. The molecule has 0 bridgehead atoms. The fraction of sp³-hybridized carbons (Fsp3) is 0.455. The Kier molecular flexibility index (Phi) is 2.19. The van der Waals surface area contributed by atoms with Crippen LogP contribution in [0.15, 0.2) is 12.1 Å². The third kappa shape index (κ3) is 1.59. The van der Waals surface area contributed by atoms with Crippen molar-refractivity contribution in [3.8, 4) is 0 Å². The van der Waals surface area contributed by atoms with Crippen molar-refractivity contribution >= 4 is 5.69 Å². The molecule has 82 valence electrons. The highest BCUT2D eigenvalue weighted by Gasteiger charge is 2.44. The van der Waals surface area contributed by atoms with Gasteiger partial charge in [-0.2, -0.15) is 0 Å². The van der Waals surface area contributed by atoms with E-state index in [0.717, 1.165) is 6.07 Å². The Morgan fingerprint density at radius 2 is 1.93 bits per heavy atom. The zero-order valence-electron chi connectivity index (χ0n) is 8.97. The van der Waals surface area contributed by atoms with Gasteiger partial charge >= 0.3 is 0 Å². The first-order chi connectivity index (χ1) is 6.96. The van der Waals surface area contributed by atoms with Gasteiger partial charge in [0.1, 0.15) is 5.60 Å². The zero-order valence-corrected chi connectivity index (χ0v) is 8.97. The average molecular weight is 213 g/mol.